The summed E-state index contributed by atoms with van der Waals surface area (Å²) in [7, 11) is -6.00. The molecule has 0 N–H and O–H groups in total. The quantitative estimate of drug-likeness (QED) is 0.396. The molecule has 0 unspecified atom stereocenters. The zero-order chi connectivity index (χ0) is 11.2. The summed E-state index contributed by atoms with van der Waals surface area (Å²) < 4.78 is 68.6. The zero-order valence-electron chi connectivity index (χ0n) is 6.94. The van der Waals surface area contributed by atoms with Crippen molar-refractivity contribution in [3.05, 3.63) is 0 Å². The van der Waals surface area contributed by atoms with E-state index in [-0.39, 0.29) is 0 Å². The molecule has 1 aliphatic heterocycles. The highest BCUT2D eigenvalue weighted by atomic mass is 32.3. The van der Waals surface area contributed by atoms with Crippen LogP contribution in [0.25, 0.3) is 0 Å². The van der Waals surface area contributed by atoms with E-state index in [0.717, 1.165) is 4.31 Å². The van der Waals surface area contributed by atoms with Crippen LogP contribution in [0.2, 0.25) is 0 Å². The Morgan fingerprint density at radius 1 is 1.00 bits per heavy atom. The zero-order valence-corrected chi connectivity index (χ0v) is 7.75. The molecule has 0 amide bonds. The molecule has 14 heavy (non-hydrogen) atoms. The van der Waals surface area contributed by atoms with E-state index in [9.17, 15) is 25.0 Å². The van der Waals surface area contributed by atoms with Gasteiger partial charge in [-0.05, 0) is 4.31 Å². The molecule has 1 rings (SSSR count). The molecule has 0 aromatic carbocycles. The van der Waals surface area contributed by atoms with Crippen LogP contribution in [0.1, 0.15) is 0 Å². The fourth-order valence-corrected chi connectivity index (χ4v) is 1.11. The highest BCUT2D eigenvalue weighted by Crippen LogP contribution is 2.09. The predicted octanol–water partition coefficient (Wildman–Crippen LogP) is 1.92. The summed E-state index contributed by atoms with van der Waals surface area (Å²) in [5.41, 5.74) is 0. The molecule has 0 saturated carbocycles. The number of rotatable bonds is 1. The monoisotopic (exact) mass is 243 g/mol. The highest BCUT2D eigenvalue weighted by Gasteiger charge is 2.33. The molecular formula is C4H8BF6NOS. The van der Waals surface area contributed by atoms with E-state index in [4.69, 9.17) is 4.74 Å². The minimum atomic E-state index is -6.00. The third-order valence-corrected chi connectivity index (χ3v) is 1.92. The molecule has 1 aliphatic rings. The first kappa shape index (κ1) is 13.9. The first-order valence-corrected chi connectivity index (χ1v) is 4.56. The Labute approximate surface area is 80.4 Å². The van der Waals surface area contributed by atoms with Gasteiger partial charge in [-0.1, -0.05) is 0 Å². The molecule has 86 valence electrons. The van der Waals surface area contributed by atoms with Crippen LogP contribution >= 0.6 is 0 Å². The Morgan fingerprint density at radius 3 is 1.57 bits per heavy atom. The molecular weight excluding hydrogens is 235 g/mol. The predicted molar refractivity (Wildman–Crippen MR) is 42.2 cm³/mol. The molecule has 1 heterocycles. The van der Waals surface area contributed by atoms with Crippen molar-refractivity contribution in [2.75, 3.05) is 26.3 Å². The van der Waals surface area contributed by atoms with Crippen molar-refractivity contribution in [1.82, 2.24) is 4.31 Å². The number of halogens is 6. The SMILES string of the molecule is F[B-](F)(F)F.F[S+](F)N1CCOCC1. The smallest absolute Gasteiger partial charge is 0.418 e. The standard InChI is InChI=1S/C4H8F2NOS.BF4/c5-9(6)7-1-3-8-4-2-7;2-1(3,4)5/h1-4H2;/q+1;-1. The van der Waals surface area contributed by atoms with E-state index in [2.05, 4.69) is 0 Å². The van der Waals surface area contributed by atoms with Crippen LogP contribution in [-0.2, 0) is 16.6 Å². The number of hydrogen-bond donors (Lipinski definition) is 0. The van der Waals surface area contributed by atoms with E-state index in [1.807, 2.05) is 0 Å². The topological polar surface area (TPSA) is 12.5 Å². The lowest BCUT2D eigenvalue weighted by Gasteiger charge is -2.15. The lowest BCUT2D eigenvalue weighted by Crippen LogP contribution is -2.37. The van der Waals surface area contributed by atoms with Crippen LogP contribution in [0.5, 0.6) is 0 Å². The molecule has 1 fully saturated rings. The second-order valence-electron chi connectivity index (χ2n) is 2.23. The van der Waals surface area contributed by atoms with Gasteiger partial charge >= 0.3 is 19.1 Å². The van der Waals surface area contributed by atoms with Gasteiger partial charge in [-0.15, -0.1) is 0 Å². The van der Waals surface area contributed by atoms with E-state index >= 15 is 0 Å². The van der Waals surface area contributed by atoms with Gasteiger partial charge in [0.1, 0.15) is 0 Å². The van der Waals surface area contributed by atoms with Crippen LogP contribution in [-0.4, -0.2) is 37.9 Å². The molecule has 0 atom stereocenters. The highest BCUT2D eigenvalue weighted by molar-refractivity contribution is 7.84. The second kappa shape index (κ2) is 6.41. The lowest BCUT2D eigenvalue weighted by atomic mass is 10.3. The number of morpholine rings is 1. The maximum Gasteiger partial charge on any atom is 0.673 e. The normalized spacial score (nSPS) is 19.1. The van der Waals surface area contributed by atoms with Crippen molar-refractivity contribution in [2.24, 2.45) is 0 Å². The van der Waals surface area contributed by atoms with Gasteiger partial charge in [0, 0.05) is 0 Å². The van der Waals surface area contributed by atoms with Crippen LogP contribution in [0.15, 0.2) is 0 Å². The first-order valence-electron chi connectivity index (χ1n) is 3.57. The maximum absolute atomic E-state index is 11.8. The van der Waals surface area contributed by atoms with Crippen molar-refractivity contribution in [3.63, 3.8) is 0 Å². The average molecular weight is 243 g/mol. The van der Waals surface area contributed by atoms with Crippen LogP contribution < -0.4 is 0 Å². The van der Waals surface area contributed by atoms with E-state index in [0.29, 0.717) is 26.3 Å². The fraction of sp³-hybridized carbons (Fsp3) is 1.00. The first-order chi connectivity index (χ1) is 6.30. The van der Waals surface area contributed by atoms with Crippen molar-refractivity contribution in [2.45, 2.75) is 0 Å². The Hall–Kier alpha value is -0.0851. The number of nitrogens with zero attached hydrogens (tertiary/aromatic N) is 1. The molecule has 2 nitrogen and oxygen atoms in total. The largest absolute Gasteiger partial charge is 0.673 e. The summed E-state index contributed by atoms with van der Waals surface area (Å²) in [6, 6.07) is 0. The molecule has 0 spiro atoms. The van der Waals surface area contributed by atoms with Crippen molar-refractivity contribution >= 4 is 19.1 Å². The van der Waals surface area contributed by atoms with Gasteiger partial charge in [-0.3, -0.25) is 0 Å². The van der Waals surface area contributed by atoms with Crippen molar-refractivity contribution in [1.29, 1.82) is 0 Å². The minimum Gasteiger partial charge on any atom is -0.418 e. The van der Waals surface area contributed by atoms with Crippen LogP contribution in [0.3, 0.4) is 0 Å². The van der Waals surface area contributed by atoms with Crippen LogP contribution in [0.4, 0.5) is 25.0 Å². The average Bonchev–Trinajstić information content (AvgIpc) is 2.03. The summed E-state index contributed by atoms with van der Waals surface area (Å²) in [6.45, 7) is 1.63. The van der Waals surface area contributed by atoms with E-state index < -0.39 is 19.1 Å². The Kier molecular flexibility index (Phi) is 6.37. The number of hydrogen-bond acceptors (Lipinski definition) is 2. The van der Waals surface area contributed by atoms with Gasteiger partial charge in [-0.2, -0.15) is 0 Å². The van der Waals surface area contributed by atoms with Crippen molar-refractivity contribution < 1.29 is 29.8 Å². The molecule has 0 aromatic rings. The minimum absolute atomic E-state index is 0.371. The van der Waals surface area contributed by atoms with Crippen LogP contribution in [0, 0.1) is 0 Å². The molecule has 0 aromatic heterocycles. The number of ether oxygens (including phenoxy) is 1. The van der Waals surface area contributed by atoms with Gasteiger partial charge in [-0.25, -0.2) is 0 Å². The van der Waals surface area contributed by atoms with Gasteiger partial charge < -0.3 is 22.0 Å². The fourth-order valence-electron chi connectivity index (χ4n) is 0.685. The third-order valence-electron chi connectivity index (χ3n) is 1.17. The second-order valence-corrected chi connectivity index (χ2v) is 3.14. The lowest BCUT2D eigenvalue weighted by molar-refractivity contribution is 0.0728. The van der Waals surface area contributed by atoms with Gasteiger partial charge in [0.2, 0.25) is 0 Å². The Balaban J connectivity index is 0.000000292. The molecule has 10 heteroatoms. The summed E-state index contributed by atoms with van der Waals surface area (Å²) in [6.07, 6.45) is 0. The summed E-state index contributed by atoms with van der Waals surface area (Å²) in [5.74, 6) is 0. The summed E-state index contributed by atoms with van der Waals surface area (Å²) in [5, 5.41) is 0. The molecule has 0 aliphatic carbocycles. The molecule has 1 saturated heterocycles. The van der Waals surface area contributed by atoms with E-state index in [1.165, 1.54) is 0 Å². The van der Waals surface area contributed by atoms with Gasteiger partial charge in [0.15, 0.2) is 0 Å². The summed E-state index contributed by atoms with van der Waals surface area (Å²) >= 11 is -2.55. The van der Waals surface area contributed by atoms with Gasteiger partial charge in [0.05, 0.1) is 34.1 Å². The molecule has 0 radical (unpaired) electrons. The summed E-state index contributed by atoms with van der Waals surface area (Å²) in [4.78, 5) is 0. The van der Waals surface area contributed by atoms with Crippen molar-refractivity contribution in [3.8, 4) is 0 Å². The Morgan fingerprint density at radius 2 is 1.36 bits per heavy atom. The Bertz CT molecular complexity index is 145. The van der Waals surface area contributed by atoms with Gasteiger partial charge in [0.25, 0.3) is 0 Å². The third kappa shape index (κ3) is 10.00. The van der Waals surface area contributed by atoms with E-state index in [1.54, 1.807) is 0 Å². The maximum atomic E-state index is 11.8. The molecule has 0 bridgehead atoms.